The number of ether oxygens (including phenoxy) is 2. The Kier molecular flexibility index (Phi) is 7.10. The summed E-state index contributed by atoms with van der Waals surface area (Å²) in [5, 5.41) is 21.7. The van der Waals surface area contributed by atoms with Crippen molar-refractivity contribution in [3.05, 3.63) is 57.1 Å². The Morgan fingerprint density at radius 2 is 2.00 bits per heavy atom. The monoisotopic (exact) mass is 544 g/mol. The summed E-state index contributed by atoms with van der Waals surface area (Å²) in [6.45, 7) is 3.01. The van der Waals surface area contributed by atoms with E-state index in [2.05, 4.69) is 15.9 Å². The Hall–Kier alpha value is -3.04. The average molecular weight is 545 g/mol. The van der Waals surface area contributed by atoms with Gasteiger partial charge in [-0.25, -0.2) is 0 Å². The first kappa shape index (κ1) is 25.1. The van der Waals surface area contributed by atoms with E-state index in [1.165, 1.54) is 12.0 Å². The quantitative estimate of drug-likeness (QED) is 0.310. The number of hydrogen-bond donors (Lipinski definition) is 2. The molecule has 2 N–H and O–H groups in total. The number of hydrogen-bond acceptors (Lipinski definition) is 7. The zero-order chi connectivity index (χ0) is 25.4. The minimum atomic E-state index is -0.841. The van der Waals surface area contributed by atoms with Crippen LogP contribution in [0.3, 0.4) is 0 Å². The van der Waals surface area contributed by atoms with Gasteiger partial charge in [0.25, 0.3) is 11.7 Å². The first-order chi connectivity index (χ1) is 16.6. The molecule has 8 nitrogen and oxygen atoms in total. The highest BCUT2D eigenvalue weighted by Gasteiger charge is 2.46. The van der Waals surface area contributed by atoms with Crippen LogP contribution in [0.2, 0.25) is 0 Å². The lowest BCUT2D eigenvalue weighted by Gasteiger charge is -2.26. The third kappa shape index (κ3) is 4.75. The fourth-order valence-electron chi connectivity index (χ4n) is 4.65. The number of halogens is 1. The molecule has 0 radical (unpaired) electrons. The zero-order valence-corrected chi connectivity index (χ0v) is 21.8. The largest absolute Gasteiger partial charge is 0.507 e. The van der Waals surface area contributed by atoms with Gasteiger partial charge in [-0.2, -0.15) is 0 Å². The number of carbonyl (C=O) groups excluding carboxylic acids is 2. The summed E-state index contributed by atoms with van der Waals surface area (Å²) in [4.78, 5) is 29.9. The van der Waals surface area contributed by atoms with Crippen LogP contribution in [0.15, 0.2) is 40.4 Å². The summed E-state index contributed by atoms with van der Waals surface area (Å²) in [6, 6.07) is 7.65. The standard InChI is InChI=1S/C26H29BrN2O6/c1-14-10-16-11-15(6-7-19(16)35-14)23(30)21-22(17-12-18(27)24(31)20(13-17)34-4)29(26(33)25(21)32)9-5-8-28(2)3/h6-7,11-14,22,30-31H,5,8-10H2,1-4H3/b23-21+/t14-,22-/m1/s1. The molecule has 0 unspecified atom stereocenters. The number of fused-ring (bicyclic) bond motifs is 1. The minimum Gasteiger partial charge on any atom is -0.507 e. The Bertz CT molecular complexity index is 1210. The molecule has 1 fully saturated rings. The first-order valence-corrected chi connectivity index (χ1v) is 12.2. The van der Waals surface area contributed by atoms with Gasteiger partial charge in [0.15, 0.2) is 11.5 Å². The number of benzene rings is 2. The number of rotatable bonds is 7. The van der Waals surface area contributed by atoms with Gasteiger partial charge in [-0.15, -0.1) is 0 Å². The molecule has 0 saturated carbocycles. The summed E-state index contributed by atoms with van der Waals surface area (Å²) in [5.41, 5.74) is 1.93. The van der Waals surface area contributed by atoms with Crippen molar-refractivity contribution < 1.29 is 29.3 Å². The number of Topliss-reactive ketones (excluding diaryl/α,β-unsaturated/α-hetero) is 1. The summed E-state index contributed by atoms with van der Waals surface area (Å²) in [6.07, 6.45) is 1.37. The van der Waals surface area contributed by atoms with Crippen molar-refractivity contribution in [1.29, 1.82) is 0 Å². The van der Waals surface area contributed by atoms with E-state index in [0.717, 1.165) is 17.9 Å². The molecule has 2 aromatic carbocycles. The molecule has 0 spiro atoms. The van der Waals surface area contributed by atoms with Crippen LogP contribution in [0.1, 0.15) is 36.1 Å². The van der Waals surface area contributed by atoms with Crippen molar-refractivity contribution in [2.24, 2.45) is 0 Å². The van der Waals surface area contributed by atoms with Gasteiger partial charge >= 0.3 is 0 Å². The summed E-state index contributed by atoms with van der Waals surface area (Å²) in [5.74, 6) is -0.802. The molecule has 0 bridgehead atoms. The number of ketones is 1. The van der Waals surface area contributed by atoms with E-state index in [-0.39, 0.29) is 28.9 Å². The van der Waals surface area contributed by atoms with Crippen molar-refractivity contribution in [2.75, 3.05) is 34.3 Å². The van der Waals surface area contributed by atoms with Crippen LogP contribution in [-0.4, -0.2) is 72.1 Å². The highest BCUT2D eigenvalue weighted by molar-refractivity contribution is 9.10. The van der Waals surface area contributed by atoms with Gasteiger partial charge in [-0.3, -0.25) is 9.59 Å². The fourth-order valence-corrected chi connectivity index (χ4v) is 5.11. The molecule has 2 aromatic rings. The third-order valence-electron chi connectivity index (χ3n) is 6.30. The second-order valence-electron chi connectivity index (χ2n) is 9.16. The molecule has 0 aliphatic carbocycles. The highest BCUT2D eigenvalue weighted by Crippen LogP contribution is 2.44. The van der Waals surface area contributed by atoms with Crippen LogP contribution >= 0.6 is 15.9 Å². The maximum absolute atomic E-state index is 13.3. The highest BCUT2D eigenvalue weighted by atomic mass is 79.9. The maximum atomic E-state index is 13.3. The van der Waals surface area contributed by atoms with Crippen LogP contribution in [0.5, 0.6) is 17.2 Å². The van der Waals surface area contributed by atoms with Crippen molar-refractivity contribution in [3.8, 4) is 17.2 Å². The molecular weight excluding hydrogens is 516 g/mol. The predicted octanol–water partition coefficient (Wildman–Crippen LogP) is 3.86. The van der Waals surface area contributed by atoms with E-state index >= 15 is 0 Å². The van der Waals surface area contributed by atoms with E-state index < -0.39 is 17.7 Å². The summed E-state index contributed by atoms with van der Waals surface area (Å²) < 4.78 is 11.4. The van der Waals surface area contributed by atoms with Crippen LogP contribution in [0.25, 0.3) is 5.76 Å². The number of carbonyl (C=O) groups is 2. The van der Waals surface area contributed by atoms with Gasteiger partial charge in [0.1, 0.15) is 17.6 Å². The molecule has 2 atom stereocenters. The van der Waals surface area contributed by atoms with E-state index in [9.17, 15) is 19.8 Å². The third-order valence-corrected chi connectivity index (χ3v) is 6.90. The number of aliphatic hydroxyl groups is 1. The first-order valence-electron chi connectivity index (χ1n) is 11.4. The number of nitrogens with zero attached hydrogens (tertiary/aromatic N) is 2. The number of aromatic hydroxyl groups is 1. The second kappa shape index (κ2) is 9.91. The van der Waals surface area contributed by atoms with E-state index in [0.29, 0.717) is 35.0 Å². The fraction of sp³-hybridized carbons (Fsp3) is 0.385. The number of phenols is 1. The number of phenolic OH excluding ortho intramolecular Hbond substituents is 1. The molecule has 35 heavy (non-hydrogen) atoms. The molecule has 186 valence electrons. The Labute approximate surface area is 212 Å². The number of methoxy groups -OCH3 is 1. The second-order valence-corrected chi connectivity index (χ2v) is 10.0. The molecule has 9 heteroatoms. The summed E-state index contributed by atoms with van der Waals surface area (Å²) >= 11 is 3.33. The molecule has 0 aromatic heterocycles. The average Bonchev–Trinajstić information content (AvgIpc) is 3.31. The normalized spacial score (nSPS) is 20.9. The lowest BCUT2D eigenvalue weighted by molar-refractivity contribution is -0.139. The predicted molar refractivity (Wildman–Crippen MR) is 135 cm³/mol. The van der Waals surface area contributed by atoms with Gasteiger partial charge in [0.2, 0.25) is 0 Å². The SMILES string of the molecule is COc1cc([C@@H]2/C(=C(\O)c3ccc4c(c3)C[C@@H](C)O4)C(=O)C(=O)N2CCCN(C)C)cc(Br)c1O. The lowest BCUT2D eigenvalue weighted by atomic mass is 9.94. The van der Waals surface area contributed by atoms with Gasteiger partial charge in [0, 0.05) is 18.5 Å². The maximum Gasteiger partial charge on any atom is 0.295 e. The topological polar surface area (TPSA) is 99.5 Å². The number of amides is 1. The van der Waals surface area contributed by atoms with Gasteiger partial charge in [-0.1, -0.05) is 0 Å². The van der Waals surface area contributed by atoms with Gasteiger partial charge in [0.05, 0.1) is 23.2 Å². The van der Waals surface area contributed by atoms with Crippen LogP contribution in [0.4, 0.5) is 0 Å². The summed E-state index contributed by atoms with van der Waals surface area (Å²) in [7, 11) is 5.30. The molecule has 1 saturated heterocycles. The van der Waals surface area contributed by atoms with Crippen LogP contribution in [0, 0.1) is 0 Å². The van der Waals surface area contributed by atoms with E-state index in [1.54, 1.807) is 30.3 Å². The van der Waals surface area contributed by atoms with Gasteiger partial charge < -0.3 is 29.5 Å². The van der Waals surface area contributed by atoms with Crippen molar-refractivity contribution in [1.82, 2.24) is 9.80 Å². The Morgan fingerprint density at radius 3 is 2.69 bits per heavy atom. The Morgan fingerprint density at radius 1 is 1.26 bits per heavy atom. The van der Waals surface area contributed by atoms with E-state index in [1.807, 2.05) is 25.9 Å². The van der Waals surface area contributed by atoms with Crippen molar-refractivity contribution >= 4 is 33.4 Å². The van der Waals surface area contributed by atoms with E-state index in [4.69, 9.17) is 9.47 Å². The van der Waals surface area contributed by atoms with Crippen molar-refractivity contribution in [3.63, 3.8) is 0 Å². The van der Waals surface area contributed by atoms with Crippen LogP contribution < -0.4 is 9.47 Å². The van der Waals surface area contributed by atoms with Gasteiger partial charge in [-0.05, 0) is 91.4 Å². The molecule has 2 aliphatic heterocycles. The molecule has 2 heterocycles. The van der Waals surface area contributed by atoms with Crippen molar-refractivity contribution in [2.45, 2.75) is 31.9 Å². The number of aliphatic hydroxyl groups excluding tert-OH is 1. The molecule has 1 amide bonds. The minimum absolute atomic E-state index is 0.00593. The molecule has 4 rings (SSSR count). The number of likely N-dealkylation sites (tertiary alicyclic amines) is 1. The smallest absolute Gasteiger partial charge is 0.295 e. The van der Waals surface area contributed by atoms with Crippen LogP contribution in [-0.2, 0) is 16.0 Å². The molecular formula is C26H29BrN2O6. The Balaban J connectivity index is 1.84. The lowest BCUT2D eigenvalue weighted by Crippen LogP contribution is -2.32. The molecule has 2 aliphatic rings. The zero-order valence-electron chi connectivity index (χ0n) is 20.2.